The molecule has 0 fully saturated rings. The number of fused-ring (bicyclic) bond motifs is 1. The molecule has 0 unspecified atom stereocenters. The van der Waals surface area contributed by atoms with Crippen LogP contribution in [0.3, 0.4) is 0 Å². The van der Waals surface area contributed by atoms with E-state index < -0.39 is 0 Å². The lowest BCUT2D eigenvalue weighted by atomic mass is 10.2. The van der Waals surface area contributed by atoms with Crippen molar-refractivity contribution >= 4 is 33.2 Å². The van der Waals surface area contributed by atoms with Crippen molar-refractivity contribution in [2.45, 2.75) is 20.5 Å². The molecule has 2 aromatic rings. The van der Waals surface area contributed by atoms with E-state index in [9.17, 15) is 0 Å². The van der Waals surface area contributed by atoms with Gasteiger partial charge in [0.1, 0.15) is 16.6 Å². The molecule has 0 aromatic carbocycles. The molecule has 104 valence electrons. The van der Waals surface area contributed by atoms with Crippen LogP contribution in [0.5, 0.6) is 0 Å². The van der Waals surface area contributed by atoms with E-state index in [-0.39, 0.29) is 0 Å². The van der Waals surface area contributed by atoms with Gasteiger partial charge in [-0.1, -0.05) is 25.4 Å². The van der Waals surface area contributed by atoms with E-state index in [2.05, 4.69) is 23.8 Å². The second kappa shape index (κ2) is 7.14. The van der Waals surface area contributed by atoms with Gasteiger partial charge in [-0.3, -0.25) is 0 Å². The lowest BCUT2D eigenvalue weighted by Crippen LogP contribution is -2.09. The maximum atomic E-state index is 6.08. The van der Waals surface area contributed by atoms with Crippen molar-refractivity contribution in [1.82, 2.24) is 9.97 Å². The molecular formula is C13H17ClN2O2S. The summed E-state index contributed by atoms with van der Waals surface area (Å²) in [6, 6.07) is 1.92. The number of aromatic nitrogens is 2. The summed E-state index contributed by atoms with van der Waals surface area (Å²) in [7, 11) is 0. The maximum absolute atomic E-state index is 6.08. The summed E-state index contributed by atoms with van der Waals surface area (Å²) in [5.74, 6) is 1.16. The maximum Gasteiger partial charge on any atom is 0.157 e. The van der Waals surface area contributed by atoms with Crippen molar-refractivity contribution in [3.63, 3.8) is 0 Å². The lowest BCUT2D eigenvalue weighted by Gasteiger charge is -2.07. The standard InChI is InChI=1S/C13H17ClN2O2S/c1-9(2)7-17-4-5-18-8-11-15-12(14)10-3-6-19-13(10)16-11/h3,6,9H,4-5,7-8H2,1-2H3. The van der Waals surface area contributed by atoms with Gasteiger partial charge in [0.15, 0.2) is 5.82 Å². The minimum absolute atomic E-state index is 0.360. The third-order valence-corrected chi connectivity index (χ3v) is 3.47. The summed E-state index contributed by atoms with van der Waals surface area (Å²) in [5.41, 5.74) is 0. The van der Waals surface area contributed by atoms with Crippen LogP contribution in [0.4, 0.5) is 0 Å². The van der Waals surface area contributed by atoms with Gasteiger partial charge < -0.3 is 9.47 Å². The predicted octanol–water partition coefficient (Wildman–Crippen LogP) is 3.53. The minimum atomic E-state index is 0.360. The first-order valence-corrected chi connectivity index (χ1v) is 7.47. The molecule has 0 amide bonds. The second-order valence-electron chi connectivity index (χ2n) is 4.59. The van der Waals surface area contributed by atoms with Crippen molar-refractivity contribution in [2.24, 2.45) is 5.92 Å². The van der Waals surface area contributed by atoms with Crippen molar-refractivity contribution in [1.29, 1.82) is 0 Å². The first-order chi connectivity index (χ1) is 9.16. The Balaban J connectivity index is 1.78. The average Bonchev–Trinajstić information content (AvgIpc) is 2.82. The van der Waals surface area contributed by atoms with Crippen LogP contribution in [0.2, 0.25) is 5.15 Å². The van der Waals surface area contributed by atoms with Crippen LogP contribution in [-0.2, 0) is 16.1 Å². The highest BCUT2D eigenvalue weighted by Gasteiger charge is 2.06. The van der Waals surface area contributed by atoms with Gasteiger partial charge in [0.25, 0.3) is 0 Å². The molecule has 0 saturated heterocycles. The number of hydrogen-bond acceptors (Lipinski definition) is 5. The summed E-state index contributed by atoms with van der Waals surface area (Å²) in [4.78, 5) is 9.51. The highest BCUT2D eigenvalue weighted by molar-refractivity contribution is 7.16. The zero-order valence-electron chi connectivity index (χ0n) is 11.1. The van der Waals surface area contributed by atoms with Crippen LogP contribution in [0.25, 0.3) is 10.2 Å². The summed E-state index contributed by atoms with van der Waals surface area (Å²) in [6.07, 6.45) is 0. The quantitative estimate of drug-likeness (QED) is 0.579. The number of rotatable bonds is 7. The Hall–Kier alpha value is -0.750. The van der Waals surface area contributed by atoms with E-state index in [0.717, 1.165) is 16.8 Å². The third kappa shape index (κ3) is 4.38. The van der Waals surface area contributed by atoms with Gasteiger partial charge in [-0.15, -0.1) is 11.3 Å². The average molecular weight is 301 g/mol. The number of ether oxygens (including phenoxy) is 2. The smallest absolute Gasteiger partial charge is 0.157 e. The van der Waals surface area contributed by atoms with Gasteiger partial charge in [0.2, 0.25) is 0 Å². The van der Waals surface area contributed by atoms with Crippen LogP contribution in [-0.4, -0.2) is 29.8 Å². The number of hydrogen-bond donors (Lipinski definition) is 0. The molecule has 0 aliphatic rings. The van der Waals surface area contributed by atoms with Gasteiger partial charge in [-0.2, -0.15) is 0 Å². The molecule has 2 rings (SSSR count). The van der Waals surface area contributed by atoms with E-state index in [1.165, 1.54) is 0 Å². The molecule has 0 aliphatic carbocycles. The zero-order valence-corrected chi connectivity index (χ0v) is 12.6. The number of thiophene rings is 1. The van der Waals surface area contributed by atoms with Gasteiger partial charge >= 0.3 is 0 Å². The molecular weight excluding hydrogens is 284 g/mol. The third-order valence-electron chi connectivity index (χ3n) is 2.38. The summed E-state index contributed by atoms with van der Waals surface area (Å²) in [5, 5.41) is 3.34. The summed E-state index contributed by atoms with van der Waals surface area (Å²) in [6.45, 7) is 6.48. The van der Waals surface area contributed by atoms with E-state index >= 15 is 0 Å². The largest absolute Gasteiger partial charge is 0.379 e. The Morgan fingerprint density at radius 3 is 2.84 bits per heavy atom. The van der Waals surface area contributed by atoms with Crippen LogP contribution in [0.1, 0.15) is 19.7 Å². The minimum Gasteiger partial charge on any atom is -0.379 e. The molecule has 2 heterocycles. The zero-order chi connectivity index (χ0) is 13.7. The Bertz CT molecular complexity index is 530. The molecule has 0 radical (unpaired) electrons. The summed E-state index contributed by atoms with van der Waals surface area (Å²) < 4.78 is 10.9. The molecule has 0 N–H and O–H groups in total. The first-order valence-electron chi connectivity index (χ1n) is 6.22. The summed E-state index contributed by atoms with van der Waals surface area (Å²) >= 11 is 7.63. The Kier molecular flexibility index (Phi) is 5.51. The van der Waals surface area contributed by atoms with E-state index in [4.69, 9.17) is 21.1 Å². The fraction of sp³-hybridized carbons (Fsp3) is 0.538. The van der Waals surface area contributed by atoms with E-state index in [0.29, 0.717) is 36.7 Å². The number of halogens is 1. The lowest BCUT2D eigenvalue weighted by molar-refractivity contribution is 0.0295. The van der Waals surface area contributed by atoms with Gasteiger partial charge in [-0.05, 0) is 17.4 Å². The van der Waals surface area contributed by atoms with Gasteiger partial charge in [0.05, 0.1) is 13.2 Å². The molecule has 19 heavy (non-hydrogen) atoms. The molecule has 0 aliphatic heterocycles. The fourth-order valence-corrected chi connectivity index (χ4v) is 2.61. The molecule has 2 aromatic heterocycles. The van der Waals surface area contributed by atoms with Gasteiger partial charge in [0, 0.05) is 12.0 Å². The van der Waals surface area contributed by atoms with E-state index in [1.807, 2.05) is 11.4 Å². The Morgan fingerprint density at radius 1 is 1.26 bits per heavy atom. The number of nitrogens with zero attached hydrogens (tertiary/aromatic N) is 2. The monoisotopic (exact) mass is 300 g/mol. The molecule has 0 atom stereocenters. The molecule has 0 spiro atoms. The second-order valence-corrected chi connectivity index (χ2v) is 5.84. The first kappa shape index (κ1) is 14.7. The molecule has 4 nitrogen and oxygen atoms in total. The molecule has 6 heteroatoms. The normalized spacial score (nSPS) is 11.6. The van der Waals surface area contributed by atoms with Crippen LogP contribution in [0, 0.1) is 5.92 Å². The SMILES string of the molecule is CC(C)COCCOCc1nc(Cl)c2ccsc2n1. The Labute approximate surface area is 121 Å². The predicted molar refractivity (Wildman–Crippen MR) is 77.7 cm³/mol. The Morgan fingerprint density at radius 2 is 2.05 bits per heavy atom. The van der Waals surface area contributed by atoms with Crippen molar-refractivity contribution in [2.75, 3.05) is 19.8 Å². The van der Waals surface area contributed by atoms with Crippen LogP contribution >= 0.6 is 22.9 Å². The van der Waals surface area contributed by atoms with Crippen molar-refractivity contribution in [3.8, 4) is 0 Å². The van der Waals surface area contributed by atoms with Crippen molar-refractivity contribution < 1.29 is 9.47 Å². The fourth-order valence-electron chi connectivity index (χ4n) is 1.53. The highest BCUT2D eigenvalue weighted by atomic mass is 35.5. The highest BCUT2D eigenvalue weighted by Crippen LogP contribution is 2.24. The van der Waals surface area contributed by atoms with Crippen molar-refractivity contribution in [3.05, 3.63) is 22.4 Å². The molecule has 0 bridgehead atoms. The topological polar surface area (TPSA) is 44.2 Å². The van der Waals surface area contributed by atoms with Crippen LogP contribution < -0.4 is 0 Å². The molecule has 0 saturated carbocycles. The van der Waals surface area contributed by atoms with Gasteiger partial charge in [-0.25, -0.2) is 9.97 Å². The van der Waals surface area contributed by atoms with Crippen LogP contribution in [0.15, 0.2) is 11.4 Å². The van der Waals surface area contributed by atoms with E-state index in [1.54, 1.807) is 11.3 Å².